The van der Waals surface area contributed by atoms with E-state index in [1.807, 2.05) is 31.2 Å². The number of hydrogen-bond acceptors (Lipinski definition) is 7. The third-order valence-corrected chi connectivity index (χ3v) is 5.68. The Hall–Kier alpha value is -1.60. The number of ether oxygens (including phenoxy) is 2. The van der Waals surface area contributed by atoms with E-state index in [9.17, 15) is 9.59 Å². The molecule has 0 aliphatic heterocycles. The number of rotatable bonds is 6. The van der Waals surface area contributed by atoms with E-state index in [2.05, 4.69) is 4.98 Å². The molecule has 7 heteroatoms. The van der Waals surface area contributed by atoms with Crippen molar-refractivity contribution in [3.8, 4) is 0 Å². The third kappa shape index (κ3) is 3.59. The zero-order chi connectivity index (χ0) is 16.1. The summed E-state index contributed by atoms with van der Waals surface area (Å²) in [4.78, 5) is 28.5. The summed E-state index contributed by atoms with van der Waals surface area (Å²) in [7, 11) is 2.64. The van der Waals surface area contributed by atoms with E-state index in [0.29, 0.717) is 6.42 Å². The van der Waals surface area contributed by atoms with Crippen LogP contribution in [0.25, 0.3) is 10.2 Å². The minimum absolute atomic E-state index is 0.411. The molecule has 2 atom stereocenters. The largest absolute Gasteiger partial charge is 0.469 e. The van der Waals surface area contributed by atoms with Gasteiger partial charge in [-0.2, -0.15) is 0 Å². The molecular weight excluding hydrogens is 322 g/mol. The van der Waals surface area contributed by atoms with Crippen LogP contribution >= 0.6 is 23.1 Å². The van der Waals surface area contributed by atoms with E-state index in [-0.39, 0.29) is 0 Å². The van der Waals surface area contributed by atoms with Crippen molar-refractivity contribution in [3.05, 3.63) is 24.3 Å². The first-order valence-electron chi connectivity index (χ1n) is 6.78. The van der Waals surface area contributed by atoms with Crippen molar-refractivity contribution in [2.24, 2.45) is 5.92 Å². The molecule has 0 radical (unpaired) electrons. The van der Waals surface area contributed by atoms with Gasteiger partial charge in [0.15, 0.2) is 4.34 Å². The predicted octanol–water partition coefficient (Wildman–Crippen LogP) is 3.13. The van der Waals surface area contributed by atoms with E-state index in [1.165, 1.54) is 37.3 Å². The second-order valence-corrected chi connectivity index (χ2v) is 6.97. The summed E-state index contributed by atoms with van der Waals surface area (Å²) in [5.74, 6) is -1.41. The maximum absolute atomic E-state index is 12.1. The molecule has 118 valence electrons. The molecule has 0 amide bonds. The van der Waals surface area contributed by atoms with Gasteiger partial charge in [-0.25, -0.2) is 4.98 Å². The van der Waals surface area contributed by atoms with E-state index in [4.69, 9.17) is 9.47 Å². The zero-order valence-corrected chi connectivity index (χ0v) is 14.2. The predicted molar refractivity (Wildman–Crippen MR) is 87.1 cm³/mol. The first-order chi connectivity index (χ1) is 10.6. The number of thiazole rings is 1. The van der Waals surface area contributed by atoms with Gasteiger partial charge in [0.25, 0.3) is 0 Å². The van der Waals surface area contributed by atoms with E-state index >= 15 is 0 Å². The smallest absolute Gasteiger partial charge is 0.320 e. The number of carbonyl (C=O) groups is 2. The summed E-state index contributed by atoms with van der Waals surface area (Å²) in [5.41, 5.74) is 0.879. The van der Waals surface area contributed by atoms with Crippen molar-refractivity contribution in [3.63, 3.8) is 0 Å². The number of nitrogens with zero attached hydrogens (tertiary/aromatic N) is 1. The standard InChI is InChI=1S/C15H17NO4S2/c1-4-9(13(17)19-2)12(14(18)20-3)22-15-16-10-7-5-6-8-11(10)21-15/h5-9,12H,4H2,1-3H3. The van der Waals surface area contributed by atoms with Crippen LogP contribution in [-0.2, 0) is 19.1 Å². The SMILES string of the molecule is CCC(C(=O)OC)C(Sc1nc2ccccc2s1)C(=O)OC. The number of fused-ring (bicyclic) bond motifs is 1. The van der Waals surface area contributed by atoms with Gasteiger partial charge in [-0.3, -0.25) is 9.59 Å². The van der Waals surface area contributed by atoms with Crippen LogP contribution in [-0.4, -0.2) is 36.4 Å². The molecule has 2 rings (SSSR count). The lowest BCUT2D eigenvalue weighted by Crippen LogP contribution is -2.33. The molecule has 0 saturated carbocycles. The molecule has 22 heavy (non-hydrogen) atoms. The highest BCUT2D eigenvalue weighted by molar-refractivity contribution is 8.02. The molecule has 1 aromatic heterocycles. The molecule has 0 aliphatic rings. The Labute approximate surface area is 137 Å². The summed E-state index contributed by atoms with van der Waals surface area (Å²) in [6.45, 7) is 1.84. The molecule has 1 aromatic carbocycles. The molecule has 0 spiro atoms. The summed E-state index contributed by atoms with van der Waals surface area (Å²) >= 11 is 2.75. The Kier molecular flexibility index (Phi) is 5.79. The van der Waals surface area contributed by atoms with Crippen molar-refractivity contribution >= 4 is 45.3 Å². The number of methoxy groups -OCH3 is 2. The molecule has 0 fully saturated rings. The molecule has 2 aromatic rings. The van der Waals surface area contributed by atoms with Crippen LogP contribution in [0, 0.1) is 5.92 Å². The minimum atomic E-state index is -0.664. The van der Waals surface area contributed by atoms with Gasteiger partial charge in [-0.1, -0.05) is 30.8 Å². The first kappa shape index (κ1) is 16.8. The molecular formula is C15H17NO4S2. The number of hydrogen-bond donors (Lipinski definition) is 0. The Morgan fingerprint density at radius 3 is 2.50 bits per heavy atom. The number of aromatic nitrogens is 1. The summed E-state index contributed by atoms with van der Waals surface area (Å²) in [6, 6.07) is 7.75. The Bertz CT molecular complexity index is 637. The van der Waals surface area contributed by atoms with Gasteiger partial charge in [0.1, 0.15) is 5.25 Å². The third-order valence-electron chi connectivity index (χ3n) is 3.24. The highest BCUT2D eigenvalue weighted by Crippen LogP contribution is 2.36. The molecule has 0 saturated heterocycles. The lowest BCUT2D eigenvalue weighted by molar-refractivity contribution is -0.151. The molecule has 2 unspecified atom stereocenters. The maximum Gasteiger partial charge on any atom is 0.320 e. The minimum Gasteiger partial charge on any atom is -0.469 e. The van der Waals surface area contributed by atoms with Crippen molar-refractivity contribution < 1.29 is 19.1 Å². The van der Waals surface area contributed by atoms with Gasteiger partial charge >= 0.3 is 11.9 Å². The van der Waals surface area contributed by atoms with Crippen LogP contribution in [0.5, 0.6) is 0 Å². The van der Waals surface area contributed by atoms with Crippen LogP contribution in [0.15, 0.2) is 28.6 Å². The Morgan fingerprint density at radius 1 is 1.23 bits per heavy atom. The van der Waals surface area contributed by atoms with E-state index in [0.717, 1.165) is 14.6 Å². The molecule has 0 bridgehead atoms. The van der Waals surface area contributed by atoms with E-state index < -0.39 is 23.1 Å². The van der Waals surface area contributed by atoms with Crippen LogP contribution in [0.1, 0.15) is 13.3 Å². The average Bonchev–Trinajstić information content (AvgIpc) is 2.95. The van der Waals surface area contributed by atoms with Crippen molar-refractivity contribution in [1.82, 2.24) is 4.98 Å². The second kappa shape index (κ2) is 7.60. The van der Waals surface area contributed by atoms with Gasteiger partial charge in [0.2, 0.25) is 0 Å². The highest BCUT2D eigenvalue weighted by Gasteiger charge is 2.35. The fourth-order valence-corrected chi connectivity index (χ4v) is 4.57. The van der Waals surface area contributed by atoms with Crippen molar-refractivity contribution in [1.29, 1.82) is 0 Å². The number of carbonyl (C=O) groups excluding carboxylic acids is 2. The normalized spacial score (nSPS) is 13.6. The Balaban J connectivity index is 2.29. The number of benzene rings is 1. The van der Waals surface area contributed by atoms with Crippen LogP contribution in [0.3, 0.4) is 0 Å². The summed E-state index contributed by atoms with van der Waals surface area (Å²) in [5, 5.41) is -0.664. The van der Waals surface area contributed by atoms with Crippen LogP contribution < -0.4 is 0 Å². The first-order valence-corrected chi connectivity index (χ1v) is 8.48. The maximum atomic E-state index is 12.1. The van der Waals surface area contributed by atoms with Crippen molar-refractivity contribution in [2.45, 2.75) is 22.9 Å². The monoisotopic (exact) mass is 339 g/mol. The average molecular weight is 339 g/mol. The Morgan fingerprint density at radius 2 is 1.91 bits per heavy atom. The summed E-state index contributed by atoms with van der Waals surface area (Å²) in [6.07, 6.45) is 0.490. The number of esters is 2. The number of para-hydroxylation sites is 1. The lowest BCUT2D eigenvalue weighted by atomic mass is 10.0. The van der Waals surface area contributed by atoms with E-state index in [1.54, 1.807) is 0 Å². The van der Waals surface area contributed by atoms with Gasteiger partial charge in [0.05, 0.1) is 30.4 Å². The van der Waals surface area contributed by atoms with Gasteiger partial charge in [-0.05, 0) is 18.6 Å². The quantitative estimate of drug-likeness (QED) is 0.595. The fourth-order valence-electron chi connectivity index (χ4n) is 2.08. The summed E-state index contributed by atoms with van der Waals surface area (Å²) < 4.78 is 11.4. The second-order valence-electron chi connectivity index (χ2n) is 4.55. The van der Waals surface area contributed by atoms with Crippen LogP contribution in [0.4, 0.5) is 0 Å². The lowest BCUT2D eigenvalue weighted by Gasteiger charge is -2.20. The highest BCUT2D eigenvalue weighted by atomic mass is 32.2. The molecule has 0 aliphatic carbocycles. The van der Waals surface area contributed by atoms with Crippen molar-refractivity contribution in [2.75, 3.05) is 14.2 Å². The molecule has 5 nitrogen and oxygen atoms in total. The van der Waals surface area contributed by atoms with Gasteiger partial charge in [0, 0.05) is 0 Å². The van der Waals surface area contributed by atoms with Gasteiger partial charge in [-0.15, -0.1) is 11.3 Å². The van der Waals surface area contributed by atoms with Crippen LogP contribution in [0.2, 0.25) is 0 Å². The molecule has 1 heterocycles. The fraction of sp³-hybridized carbons (Fsp3) is 0.400. The zero-order valence-electron chi connectivity index (χ0n) is 12.6. The van der Waals surface area contributed by atoms with Gasteiger partial charge < -0.3 is 9.47 Å². The topological polar surface area (TPSA) is 65.5 Å². The molecule has 0 N–H and O–H groups in total. The number of thioether (sulfide) groups is 1.